The molecule has 0 spiro atoms. The van der Waals surface area contributed by atoms with Crippen LogP contribution in [0.4, 0.5) is 0 Å². The van der Waals surface area contributed by atoms with E-state index in [0.717, 1.165) is 43.2 Å². The summed E-state index contributed by atoms with van der Waals surface area (Å²) in [6, 6.07) is 10.9. The number of carbonyl (C=O) groups excluding carboxylic acids is 2. The molecule has 2 amide bonds. The van der Waals surface area contributed by atoms with E-state index in [0.29, 0.717) is 49.1 Å². The third-order valence-electron chi connectivity index (χ3n) is 5.59. The number of hydrazone groups is 2. The van der Waals surface area contributed by atoms with Crippen molar-refractivity contribution in [3.05, 3.63) is 47.5 Å². The van der Waals surface area contributed by atoms with Gasteiger partial charge in [0.25, 0.3) is 0 Å². The average molecular weight is 541 g/mol. The number of methoxy groups -OCH3 is 2. The van der Waals surface area contributed by atoms with Gasteiger partial charge in [-0.05, 0) is 74.2 Å². The number of amides is 2. The van der Waals surface area contributed by atoms with Gasteiger partial charge in [0.1, 0.15) is 0 Å². The molecule has 0 unspecified atom stereocenters. The van der Waals surface area contributed by atoms with Gasteiger partial charge in [-0.3, -0.25) is 9.59 Å². The van der Waals surface area contributed by atoms with Gasteiger partial charge < -0.3 is 18.9 Å². The molecule has 0 heterocycles. The number of carbonyl (C=O) groups is 2. The second kappa shape index (κ2) is 18.2. The molecule has 2 rings (SSSR count). The highest BCUT2D eigenvalue weighted by atomic mass is 16.5. The Hall–Kier alpha value is -4.08. The first kappa shape index (κ1) is 31.1. The van der Waals surface area contributed by atoms with E-state index in [1.165, 1.54) is 0 Å². The molecule has 0 radical (unpaired) electrons. The molecule has 0 aromatic heterocycles. The fourth-order valence-corrected chi connectivity index (χ4v) is 3.65. The summed E-state index contributed by atoms with van der Waals surface area (Å²) < 4.78 is 21.6. The summed E-state index contributed by atoms with van der Waals surface area (Å²) in [5.41, 5.74) is 6.69. The fraction of sp³-hybridized carbons (Fsp3) is 0.448. The van der Waals surface area contributed by atoms with E-state index in [-0.39, 0.29) is 11.8 Å². The minimum absolute atomic E-state index is 0.133. The predicted molar refractivity (Wildman–Crippen MR) is 152 cm³/mol. The first-order valence-electron chi connectivity index (χ1n) is 13.3. The molecular weight excluding hydrogens is 500 g/mol. The van der Waals surface area contributed by atoms with Crippen LogP contribution in [0, 0.1) is 0 Å². The molecule has 212 valence electrons. The molecular formula is C29H40N4O6. The van der Waals surface area contributed by atoms with Gasteiger partial charge in [-0.2, -0.15) is 10.2 Å². The highest BCUT2D eigenvalue weighted by Crippen LogP contribution is 2.28. The highest BCUT2D eigenvalue weighted by Gasteiger charge is 2.06. The van der Waals surface area contributed by atoms with E-state index in [1.807, 2.05) is 38.1 Å². The number of hydrogen-bond donors (Lipinski definition) is 2. The molecule has 10 nitrogen and oxygen atoms in total. The summed E-state index contributed by atoms with van der Waals surface area (Å²) in [5, 5.41) is 8.03. The van der Waals surface area contributed by atoms with E-state index in [4.69, 9.17) is 18.9 Å². The summed E-state index contributed by atoms with van der Waals surface area (Å²) in [6.45, 7) is 4.91. The molecule has 0 fully saturated rings. The van der Waals surface area contributed by atoms with Crippen molar-refractivity contribution in [3.63, 3.8) is 0 Å². The molecule has 10 heteroatoms. The lowest BCUT2D eigenvalue weighted by Crippen LogP contribution is -2.17. The van der Waals surface area contributed by atoms with Crippen molar-refractivity contribution in [2.75, 3.05) is 27.4 Å². The lowest BCUT2D eigenvalue weighted by atomic mass is 10.1. The summed E-state index contributed by atoms with van der Waals surface area (Å²) in [7, 11) is 3.15. The Balaban J connectivity index is 1.56. The Labute approximate surface area is 230 Å². The number of nitrogens with zero attached hydrogens (tertiary/aromatic N) is 2. The summed E-state index contributed by atoms with van der Waals surface area (Å²) in [4.78, 5) is 24.0. The van der Waals surface area contributed by atoms with E-state index in [9.17, 15) is 9.59 Å². The molecule has 39 heavy (non-hydrogen) atoms. The fourth-order valence-electron chi connectivity index (χ4n) is 3.65. The first-order chi connectivity index (χ1) is 19.0. The van der Waals surface area contributed by atoms with E-state index < -0.39 is 0 Å². The van der Waals surface area contributed by atoms with Crippen LogP contribution >= 0.6 is 0 Å². The maximum Gasteiger partial charge on any atom is 0.240 e. The van der Waals surface area contributed by atoms with E-state index in [2.05, 4.69) is 21.1 Å². The van der Waals surface area contributed by atoms with Gasteiger partial charge in [0.2, 0.25) is 11.8 Å². The predicted octanol–water partition coefficient (Wildman–Crippen LogP) is 4.83. The van der Waals surface area contributed by atoms with Gasteiger partial charge in [-0.1, -0.05) is 19.3 Å². The zero-order valence-corrected chi connectivity index (χ0v) is 23.3. The lowest BCUT2D eigenvalue weighted by Gasteiger charge is -2.09. The standard InChI is InChI=1S/C29H40N4O6/c1-5-38-24-16-14-22(18-26(24)36-3)20-30-32-28(34)12-10-8-7-9-11-13-29(35)33-31-21-23-15-17-25(39-6-2)27(19-23)37-4/h14-21H,5-13H2,1-4H3,(H,32,34)(H,33,35)/b30-20-,31-21+. The quantitative estimate of drug-likeness (QED) is 0.159. The van der Waals surface area contributed by atoms with Gasteiger partial charge in [0, 0.05) is 12.8 Å². The SMILES string of the molecule is CCOc1ccc(/C=N\NC(=O)CCCCCCCC(=O)N/N=C/c2ccc(OCC)c(OC)c2)cc1OC. The van der Waals surface area contributed by atoms with Crippen molar-refractivity contribution in [2.45, 2.75) is 58.8 Å². The Morgan fingerprint density at radius 2 is 1.08 bits per heavy atom. The van der Waals surface area contributed by atoms with Crippen LogP contribution in [0.1, 0.15) is 69.9 Å². The minimum atomic E-state index is -0.133. The number of hydrogen-bond acceptors (Lipinski definition) is 8. The second-order valence-electron chi connectivity index (χ2n) is 8.54. The molecule has 0 aliphatic carbocycles. The number of ether oxygens (including phenoxy) is 4. The summed E-state index contributed by atoms with van der Waals surface area (Å²) in [5.74, 6) is 2.29. The van der Waals surface area contributed by atoms with Crippen LogP contribution in [0.25, 0.3) is 0 Å². The zero-order chi connectivity index (χ0) is 28.3. The van der Waals surface area contributed by atoms with E-state index >= 15 is 0 Å². The van der Waals surface area contributed by atoms with Crippen LogP contribution in [0.2, 0.25) is 0 Å². The van der Waals surface area contributed by atoms with Gasteiger partial charge in [0.05, 0.1) is 39.9 Å². The Morgan fingerprint density at radius 3 is 1.46 bits per heavy atom. The highest BCUT2D eigenvalue weighted by molar-refractivity contribution is 5.84. The average Bonchev–Trinajstić information content (AvgIpc) is 2.94. The lowest BCUT2D eigenvalue weighted by molar-refractivity contribution is -0.121. The Bertz CT molecular complexity index is 1020. The molecule has 0 atom stereocenters. The van der Waals surface area contributed by atoms with Crippen molar-refractivity contribution in [2.24, 2.45) is 10.2 Å². The number of rotatable bonds is 18. The van der Waals surface area contributed by atoms with Crippen molar-refractivity contribution in [1.29, 1.82) is 0 Å². The van der Waals surface area contributed by atoms with Crippen LogP contribution in [0.15, 0.2) is 46.6 Å². The van der Waals surface area contributed by atoms with Crippen LogP contribution in [0.5, 0.6) is 23.0 Å². The molecule has 0 aliphatic rings. The Morgan fingerprint density at radius 1 is 0.667 bits per heavy atom. The smallest absolute Gasteiger partial charge is 0.240 e. The zero-order valence-electron chi connectivity index (χ0n) is 23.3. The first-order valence-corrected chi connectivity index (χ1v) is 13.3. The molecule has 0 saturated carbocycles. The van der Waals surface area contributed by atoms with Crippen LogP contribution < -0.4 is 29.8 Å². The van der Waals surface area contributed by atoms with Crippen molar-refractivity contribution in [3.8, 4) is 23.0 Å². The van der Waals surface area contributed by atoms with Crippen molar-refractivity contribution < 1.29 is 28.5 Å². The number of benzene rings is 2. The van der Waals surface area contributed by atoms with Gasteiger partial charge in [0.15, 0.2) is 23.0 Å². The monoisotopic (exact) mass is 540 g/mol. The normalized spacial score (nSPS) is 11.0. The van der Waals surface area contributed by atoms with Crippen molar-refractivity contribution >= 4 is 24.2 Å². The maximum absolute atomic E-state index is 12.0. The third kappa shape index (κ3) is 11.9. The Kier molecular flexibility index (Phi) is 14.5. The minimum Gasteiger partial charge on any atom is -0.493 e. The van der Waals surface area contributed by atoms with Gasteiger partial charge in [-0.15, -0.1) is 0 Å². The van der Waals surface area contributed by atoms with E-state index in [1.54, 1.807) is 38.8 Å². The molecule has 0 bridgehead atoms. The second-order valence-corrected chi connectivity index (χ2v) is 8.54. The van der Waals surface area contributed by atoms with Crippen LogP contribution in [0.3, 0.4) is 0 Å². The molecule has 0 aliphatic heterocycles. The summed E-state index contributed by atoms with van der Waals surface area (Å²) >= 11 is 0. The molecule has 2 N–H and O–H groups in total. The van der Waals surface area contributed by atoms with Crippen LogP contribution in [-0.4, -0.2) is 51.7 Å². The third-order valence-corrected chi connectivity index (χ3v) is 5.59. The molecule has 2 aromatic rings. The summed E-state index contributed by atoms with van der Waals surface area (Å²) in [6.07, 6.45) is 8.23. The largest absolute Gasteiger partial charge is 0.493 e. The van der Waals surface area contributed by atoms with Gasteiger partial charge >= 0.3 is 0 Å². The number of unbranched alkanes of at least 4 members (excludes halogenated alkanes) is 4. The molecule has 2 aromatic carbocycles. The van der Waals surface area contributed by atoms with Crippen LogP contribution in [-0.2, 0) is 9.59 Å². The molecule has 0 saturated heterocycles. The van der Waals surface area contributed by atoms with Crippen molar-refractivity contribution in [1.82, 2.24) is 10.9 Å². The number of nitrogens with one attached hydrogen (secondary N) is 2. The topological polar surface area (TPSA) is 120 Å². The van der Waals surface area contributed by atoms with Gasteiger partial charge in [-0.25, -0.2) is 10.9 Å². The maximum atomic E-state index is 12.0.